The summed E-state index contributed by atoms with van der Waals surface area (Å²) in [6.07, 6.45) is 2.81. The Morgan fingerprint density at radius 1 is 1.39 bits per heavy atom. The van der Waals surface area contributed by atoms with Gasteiger partial charge in [-0.05, 0) is 6.92 Å². The highest BCUT2D eigenvalue weighted by Crippen LogP contribution is 2.23. The van der Waals surface area contributed by atoms with E-state index in [0.717, 1.165) is 0 Å². The van der Waals surface area contributed by atoms with Gasteiger partial charge in [-0.1, -0.05) is 0 Å². The fraction of sp³-hybridized carbons (Fsp3) is 0.333. The predicted octanol–water partition coefficient (Wildman–Crippen LogP) is -0.155. The predicted molar refractivity (Wildman–Crippen MR) is 66.4 cm³/mol. The summed E-state index contributed by atoms with van der Waals surface area (Å²) in [6, 6.07) is 0. The van der Waals surface area contributed by atoms with Gasteiger partial charge in [-0.25, -0.2) is 9.67 Å². The van der Waals surface area contributed by atoms with Crippen LogP contribution in [0.5, 0.6) is 0 Å². The van der Waals surface area contributed by atoms with Crippen molar-refractivity contribution in [2.45, 2.75) is 11.9 Å². The molecule has 2 heterocycles. The molecule has 0 aliphatic heterocycles. The Hall–Kier alpha value is -2.03. The van der Waals surface area contributed by atoms with Crippen molar-refractivity contribution in [3.8, 4) is 0 Å². The van der Waals surface area contributed by atoms with Crippen LogP contribution in [0, 0.1) is 6.92 Å². The van der Waals surface area contributed by atoms with Crippen molar-refractivity contribution in [2.24, 2.45) is 14.1 Å². The smallest absolute Gasteiger partial charge is 0.282 e. The van der Waals surface area contributed by atoms with E-state index in [0.29, 0.717) is 11.4 Å². The maximum atomic E-state index is 12.0. The van der Waals surface area contributed by atoms with Crippen molar-refractivity contribution < 1.29 is 8.42 Å². The van der Waals surface area contributed by atoms with E-state index in [1.165, 1.54) is 17.2 Å². The molecule has 0 atom stereocenters. The van der Waals surface area contributed by atoms with Gasteiger partial charge >= 0.3 is 0 Å². The van der Waals surface area contributed by atoms with Crippen LogP contribution in [-0.2, 0) is 24.1 Å². The highest BCUT2D eigenvalue weighted by atomic mass is 32.2. The average Bonchev–Trinajstić information content (AvgIpc) is 2.80. The molecule has 2 aromatic heterocycles. The quantitative estimate of drug-likeness (QED) is 0.806. The number of imidazole rings is 1. The Morgan fingerprint density at radius 2 is 2.06 bits per heavy atom. The number of aromatic nitrogens is 4. The zero-order valence-electron chi connectivity index (χ0n) is 10.2. The van der Waals surface area contributed by atoms with E-state index < -0.39 is 10.0 Å². The maximum absolute atomic E-state index is 12.0. The molecule has 0 saturated heterocycles. The molecule has 8 nitrogen and oxygen atoms in total. The number of nitrogens with zero attached hydrogens (tertiary/aromatic N) is 4. The lowest BCUT2D eigenvalue weighted by Gasteiger charge is -2.06. The molecule has 0 saturated carbocycles. The van der Waals surface area contributed by atoms with Crippen LogP contribution in [0.25, 0.3) is 0 Å². The number of rotatable bonds is 3. The van der Waals surface area contributed by atoms with Crippen molar-refractivity contribution >= 4 is 21.5 Å². The van der Waals surface area contributed by atoms with E-state index in [2.05, 4.69) is 14.8 Å². The largest absolute Gasteiger partial charge is 0.394 e. The molecule has 18 heavy (non-hydrogen) atoms. The van der Waals surface area contributed by atoms with Gasteiger partial charge in [0, 0.05) is 20.3 Å². The van der Waals surface area contributed by atoms with Crippen LogP contribution < -0.4 is 10.5 Å². The second-order valence-corrected chi connectivity index (χ2v) is 5.58. The van der Waals surface area contributed by atoms with E-state index in [4.69, 9.17) is 5.73 Å². The third kappa shape index (κ3) is 2.04. The molecule has 9 heteroatoms. The summed E-state index contributed by atoms with van der Waals surface area (Å²) in [5.41, 5.74) is 6.63. The number of nitrogens with one attached hydrogen (secondary N) is 1. The first-order valence-corrected chi connectivity index (χ1v) is 6.59. The first-order valence-electron chi connectivity index (χ1n) is 5.11. The molecule has 0 radical (unpaired) electrons. The molecule has 0 aliphatic carbocycles. The van der Waals surface area contributed by atoms with Gasteiger partial charge in [-0.15, -0.1) is 0 Å². The van der Waals surface area contributed by atoms with Crippen molar-refractivity contribution in [3.63, 3.8) is 0 Å². The molecule has 3 N–H and O–H groups in total. The lowest BCUT2D eigenvalue weighted by atomic mass is 10.4. The molecule has 0 amide bonds. The third-order valence-electron chi connectivity index (χ3n) is 2.46. The fourth-order valence-electron chi connectivity index (χ4n) is 1.50. The minimum atomic E-state index is -3.75. The van der Waals surface area contributed by atoms with E-state index in [1.807, 2.05) is 0 Å². The van der Waals surface area contributed by atoms with Gasteiger partial charge in [0.05, 0.1) is 17.7 Å². The van der Waals surface area contributed by atoms with Crippen LogP contribution in [-0.4, -0.2) is 27.7 Å². The van der Waals surface area contributed by atoms with Gasteiger partial charge in [-0.3, -0.25) is 4.72 Å². The summed E-state index contributed by atoms with van der Waals surface area (Å²) < 4.78 is 29.4. The zero-order chi connectivity index (χ0) is 13.5. The normalized spacial score (nSPS) is 11.7. The molecule has 0 unspecified atom stereocenters. The number of hydrogen-bond donors (Lipinski definition) is 2. The third-order valence-corrected chi connectivity index (χ3v) is 3.68. The molecule has 0 spiro atoms. The standard InChI is InChI=1S/C9H14N6O2S/c1-6-8(10)9(15(3)12-6)13-18(16,17)7-4-14(2)5-11-7/h4-5,13H,10H2,1-3H3. The summed E-state index contributed by atoms with van der Waals surface area (Å²) in [5, 5.41) is 3.97. The lowest BCUT2D eigenvalue weighted by molar-refractivity contribution is 0.597. The number of nitrogens with two attached hydrogens (primary N) is 1. The molecule has 98 valence electrons. The Kier molecular flexibility index (Phi) is 2.77. The topological polar surface area (TPSA) is 108 Å². The summed E-state index contributed by atoms with van der Waals surface area (Å²) in [7, 11) is -0.447. The molecular formula is C9H14N6O2S. The summed E-state index contributed by atoms with van der Waals surface area (Å²) in [6.45, 7) is 1.70. The summed E-state index contributed by atoms with van der Waals surface area (Å²) >= 11 is 0. The van der Waals surface area contributed by atoms with Gasteiger partial charge in [0.15, 0.2) is 10.8 Å². The molecule has 0 bridgehead atoms. The van der Waals surface area contributed by atoms with E-state index >= 15 is 0 Å². The number of aryl methyl sites for hydroxylation is 3. The molecular weight excluding hydrogens is 256 g/mol. The minimum Gasteiger partial charge on any atom is -0.394 e. The Labute approximate surface area is 104 Å². The Bertz CT molecular complexity index is 684. The van der Waals surface area contributed by atoms with Crippen LogP contribution in [0.2, 0.25) is 0 Å². The monoisotopic (exact) mass is 270 g/mol. The van der Waals surface area contributed by atoms with Crippen LogP contribution in [0.4, 0.5) is 11.5 Å². The van der Waals surface area contributed by atoms with Crippen LogP contribution in [0.3, 0.4) is 0 Å². The van der Waals surface area contributed by atoms with Gasteiger partial charge in [0.1, 0.15) is 0 Å². The second kappa shape index (κ2) is 4.02. The van der Waals surface area contributed by atoms with Gasteiger partial charge in [-0.2, -0.15) is 13.5 Å². The van der Waals surface area contributed by atoms with Gasteiger partial charge in [0.2, 0.25) is 0 Å². The summed E-state index contributed by atoms with van der Waals surface area (Å²) in [4.78, 5) is 3.79. The second-order valence-electron chi connectivity index (χ2n) is 3.95. The average molecular weight is 270 g/mol. The number of hydrogen-bond acceptors (Lipinski definition) is 5. The molecule has 0 aromatic carbocycles. The van der Waals surface area contributed by atoms with Crippen molar-refractivity contribution in [3.05, 3.63) is 18.2 Å². The highest BCUT2D eigenvalue weighted by molar-refractivity contribution is 7.92. The number of nitrogen functional groups attached to an aromatic ring is 1. The SMILES string of the molecule is Cc1nn(C)c(NS(=O)(=O)c2cn(C)cn2)c1N. The Morgan fingerprint density at radius 3 is 2.50 bits per heavy atom. The highest BCUT2D eigenvalue weighted by Gasteiger charge is 2.21. The number of sulfonamides is 1. The maximum Gasteiger partial charge on any atom is 0.282 e. The first kappa shape index (κ1) is 12.4. The number of anilines is 2. The molecule has 2 rings (SSSR count). The molecule has 0 fully saturated rings. The van der Waals surface area contributed by atoms with Crippen LogP contribution in [0.1, 0.15) is 5.69 Å². The molecule has 2 aromatic rings. The van der Waals surface area contributed by atoms with Crippen LogP contribution in [0.15, 0.2) is 17.6 Å². The van der Waals surface area contributed by atoms with Gasteiger partial charge in [0.25, 0.3) is 10.0 Å². The van der Waals surface area contributed by atoms with E-state index in [9.17, 15) is 8.42 Å². The van der Waals surface area contributed by atoms with Crippen molar-refractivity contribution in [2.75, 3.05) is 10.5 Å². The first-order chi connectivity index (χ1) is 8.31. The van der Waals surface area contributed by atoms with Crippen molar-refractivity contribution in [1.29, 1.82) is 0 Å². The minimum absolute atomic E-state index is 0.0664. The fourth-order valence-corrected chi connectivity index (χ4v) is 2.59. The summed E-state index contributed by atoms with van der Waals surface area (Å²) in [5.74, 6) is 0.234. The van der Waals surface area contributed by atoms with Gasteiger partial charge < -0.3 is 10.3 Å². The van der Waals surface area contributed by atoms with E-state index in [1.54, 1.807) is 25.6 Å². The molecule has 0 aliphatic rings. The van der Waals surface area contributed by atoms with Crippen molar-refractivity contribution in [1.82, 2.24) is 19.3 Å². The lowest BCUT2D eigenvalue weighted by Crippen LogP contribution is -2.16. The van der Waals surface area contributed by atoms with E-state index in [-0.39, 0.29) is 10.8 Å². The Balaban J connectivity index is 2.39. The zero-order valence-corrected chi connectivity index (χ0v) is 11.1. The van der Waals surface area contributed by atoms with Crippen LogP contribution >= 0.6 is 0 Å².